The van der Waals surface area contributed by atoms with Crippen molar-refractivity contribution in [2.45, 2.75) is 32.0 Å². The number of fused-ring (bicyclic) bond motifs is 2. The first-order valence-corrected chi connectivity index (χ1v) is 10.0. The van der Waals surface area contributed by atoms with Gasteiger partial charge in [0.1, 0.15) is 6.04 Å². The summed E-state index contributed by atoms with van der Waals surface area (Å²) >= 11 is 0. The molecule has 3 amide bonds. The molecule has 2 aliphatic heterocycles. The van der Waals surface area contributed by atoms with Crippen molar-refractivity contribution in [1.29, 1.82) is 0 Å². The fourth-order valence-electron chi connectivity index (χ4n) is 4.40. The lowest BCUT2D eigenvalue weighted by Gasteiger charge is -2.24. The number of likely N-dealkylation sites (tertiary alicyclic amines) is 1. The van der Waals surface area contributed by atoms with Gasteiger partial charge in [-0.2, -0.15) is 0 Å². The van der Waals surface area contributed by atoms with Crippen LogP contribution in [0.15, 0.2) is 48.7 Å². The summed E-state index contributed by atoms with van der Waals surface area (Å²) in [6.45, 7) is 0.965. The van der Waals surface area contributed by atoms with Crippen LogP contribution in [0.3, 0.4) is 0 Å². The maximum Gasteiger partial charge on any atom is 0.254 e. The van der Waals surface area contributed by atoms with Crippen LogP contribution in [-0.4, -0.2) is 45.6 Å². The van der Waals surface area contributed by atoms with E-state index < -0.39 is 6.04 Å². The highest BCUT2D eigenvalue weighted by Crippen LogP contribution is 2.28. The second-order valence-electron chi connectivity index (χ2n) is 7.96. The predicted octanol–water partition coefficient (Wildman–Crippen LogP) is 2.88. The van der Waals surface area contributed by atoms with Crippen molar-refractivity contribution in [3.05, 3.63) is 65.4 Å². The first kappa shape index (κ1) is 18.4. The van der Waals surface area contributed by atoms with Crippen molar-refractivity contribution < 1.29 is 14.4 Å². The Bertz CT molecular complexity index is 1180. The van der Waals surface area contributed by atoms with E-state index in [1.54, 1.807) is 22.9 Å². The van der Waals surface area contributed by atoms with Crippen LogP contribution >= 0.6 is 0 Å². The quantitative estimate of drug-likeness (QED) is 0.704. The van der Waals surface area contributed by atoms with Crippen molar-refractivity contribution in [2.24, 2.45) is 0 Å². The summed E-state index contributed by atoms with van der Waals surface area (Å²) in [4.78, 5) is 44.3. The van der Waals surface area contributed by atoms with E-state index in [-0.39, 0.29) is 17.7 Å². The number of aromatic nitrogens is 1. The van der Waals surface area contributed by atoms with Crippen LogP contribution in [0.4, 0.5) is 5.69 Å². The van der Waals surface area contributed by atoms with E-state index in [4.69, 9.17) is 0 Å². The molecule has 0 aliphatic carbocycles. The number of nitrogens with zero attached hydrogens (tertiary/aromatic N) is 2. The van der Waals surface area contributed by atoms with Crippen LogP contribution in [0.1, 0.15) is 34.3 Å². The van der Waals surface area contributed by atoms with E-state index >= 15 is 0 Å². The highest BCUT2D eigenvalue weighted by Gasteiger charge is 2.36. The van der Waals surface area contributed by atoms with E-state index in [1.165, 1.54) is 0 Å². The molecule has 1 aromatic heterocycles. The van der Waals surface area contributed by atoms with Crippen molar-refractivity contribution in [1.82, 2.24) is 14.8 Å². The summed E-state index contributed by atoms with van der Waals surface area (Å²) in [5.41, 5.74) is 4.15. The number of amides is 3. The number of para-hydroxylation sites is 1. The average molecular weight is 402 g/mol. The fourth-order valence-corrected chi connectivity index (χ4v) is 4.40. The number of benzene rings is 2. The molecule has 0 saturated carbocycles. The minimum atomic E-state index is -0.530. The Kier molecular flexibility index (Phi) is 4.31. The van der Waals surface area contributed by atoms with Gasteiger partial charge in [0.2, 0.25) is 11.8 Å². The van der Waals surface area contributed by atoms with Gasteiger partial charge in [-0.1, -0.05) is 24.3 Å². The standard InChI is InChI=1S/C23H22N4O3/c1-26-12-14-6-7-16(10-18(14)23(26)30)25-22(29)20-8-9-21(28)27(20)13-15-11-24-19-5-3-2-4-17(15)19/h2-7,10-11,20,24H,8-9,12-13H2,1H3,(H,25,29)/t20-/m1/s1. The highest BCUT2D eigenvalue weighted by atomic mass is 16.2. The first-order valence-electron chi connectivity index (χ1n) is 10.0. The molecule has 0 unspecified atom stereocenters. The summed E-state index contributed by atoms with van der Waals surface area (Å²) < 4.78 is 0. The van der Waals surface area contributed by atoms with Crippen LogP contribution in [0, 0.1) is 0 Å². The van der Waals surface area contributed by atoms with Crippen molar-refractivity contribution >= 4 is 34.3 Å². The van der Waals surface area contributed by atoms with E-state index in [1.807, 2.05) is 42.6 Å². The molecule has 0 radical (unpaired) electrons. The summed E-state index contributed by atoms with van der Waals surface area (Å²) in [7, 11) is 1.76. The van der Waals surface area contributed by atoms with Gasteiger partial charge in [0.05, 0.1) is 0 Å². The van der Waals surface area contributed by atoms with Crippen molar-refractivity contribution in [2.75, 3.05) is 12.4 Å². The Morgan fingerprint density at radius 1 is 1.20 bits per heavy atom. The summed E-state index contributed by atoms with van der Waals surface area (Å²) in [5.74, 6) is -0.288. The summed E-state index contributed by atoms with van der Waals surface area (Å²) in [5, 5.41) is 3.96. The van der Waals surface area contributed by atoms with E-state index in [2.05, 4.69) is 10.3 Å². The van der Waals surface area contributed by atoms with E-state index in [0.29, 0.717) is 37.2 Å². The lowest BCUT2D eigenvalue weighted by atomic mass is 10.1. The molecule has 5 rings (SSSR count). The van der Waals surface area contributed by atoms with Gasteiger partial charge in [-0.3, -0.25) is 14.4 Å². The van der Waals surface area contributed by atoms with Crippen LogP contribution in [-0.2, 0) is 22.7 Å². The number of nitrogens with one attached hydrogen (secondary N) is 2. The molecule has 152 valence electrons. The normalized spacial score (nSPS) is 18.4. The molecule has 2 N–H and O–H groups in total. The minimum absolute atomic E-state index is 0.0220. The monoisotopic (exact) mass is 402 g/mol. The Morgan fingerprint density at radius 3 is 2.90 bits per heavy atom. The lowest BCUT2D eigenvalue weighted by Crippen LogP contribution is -2.41. The second-order valence-corrected chi connectivity index (χ2v) is 7.96. The minimum Gasteiger partial charge on any atom is -0.361 e. The SMILES string of the molecule is CN1Cc2ccc(NC(=O)[C@H]3CCC(=O)N3Cc3c[nH]c4ccccc34)cc2C1=O. The Hall–Kier alpha value is -3.61. The maximum absolute atomic E-state index is 13.0. The Labute approximate surface area is 173 Å². The molecule has 1 atom stereocenters. The molecule has 30 heavy (non-hydrogen) atoms. The largest absolute Gasteiger partial charge is 0.361 e. The molecular formula is C23H22N4O3. The van der Waals surface area contributed by atoms with E-state index in [0.717, 1.165) is 22.0 Å². The third kappa shape index (κ3) is 3.03. The number of hydrogen-bond donors (Lipinski definition) is 2. The number of carbonyl (C=O) groups excluding carboxylic acids is 3. The maximum atomic E-state index is 13.0. The summed E-state index contributed by atoms with van der Waals surface area (Å²) in [6, 6.07) is 12.8. The number of anilines is 1. The fraction of sp³-hybridized carbons (Fsp3) is 0.261. The van der Waals surface area contributed by atoms with Crippen LogP contribution in [0.5, 0.6) is 0 Å². The third-order valence-corrected chi connectivity index (χ3v) is 6.01. The number of hydrogen-bond acceptors (Lipinski definition) is 3. The van der Waals surface area contributed by atoms with Gasteiger partial charge in [-0.05, 0) is 35.7 Å². The molecule has 1 fully saturated rings. The van der Waals surface area contributed by atoms with Gasteiger partial charge < -0.3 is 20.1 Å². The average Bonchev–Trinajstić information content (AvgIpc) is 3.40. The van der Waals surface area contributed by atoms with Crippen LogP contribution < -0.4 is 5.32 Å². The van der Waals surface area contributed by atoms with Gasteiger partial charge in [0.15, 0.2) is 0 Å². The number of rotatable bonds is 4. The van der Waals surface area contributed by atoms with Gasteiger partial charge in [0.25, 0.3) is 5.91 Å². The molecule has 3 heterocycles. The smallest absolute Gasteiger partial charge is 0.254 e. The van der Waals surface area contributed by atoms with E-state index in [9.17, 15) is 14.4 Å². The topological polar surface area (TPSA) is 85.5 Å². The molecule has 7 heteroatoms. The zero-order valence-corrected chi connectivity index (χ0v) is 16.6. The molecule has 0 bridgehead atoms. The van der Waals surface area contributed by atoms with Gasteiger partial charge in [0, 0.05) is 54.9 Å². The Balaban J connectivity index is 1.35. The molecule has 3 aromatic rings. The van der Waals surface area contributed by atoms with Crippen molar-refractivity contribution in [3.63, 3.8) is 0 Å². The van der Waals surface area contributed by atoms with Gasteiger partial charge >= 0.3 is 0 Å². The molecule has 0 spiro atoms. The lowest BCUT2D eigenvalue weighted by molar-refractivity contribution is -0.133. The molecule has 7 nitrogen and oxygen atoms in total. The third-order valence-electron chi connectivity index (χ3n) is 6.01. The molecule has 1 saturated heterocycles. The Morgan fingerprint density at radius 2 is 2.03 bits per heavy atom. The van der Waals surface area contributed by atoms with Gasteiger partial charge in [-0.15, -0.1) is 0 Å². The number of H-pyrrole nitrogens is 1. The molecule has 2 aromatic carbocycles. The van der Waals surface area contributed by atoms with Crippen LogP contribution in [0.2, 0.25) is 0 Å². The number of carbonyl (C=O) groups is 3. The molecule has 2 aliphatic rings. The van der Waals surface area contributed by atoms with Crippen molar-refractivity contribution in [3.8, 4) is 0 Å². The molecular weight excluding hydrogens is 380 g/mol. The zero-order chi connectivity index (χ0) is 20.8. The summed E-state index contributed by atoms with van der Waals surface area (Å²) in [6.07, 6.45) is 2.74. The van der Waals surface area contributed by atoms with Crippen LogP contribution in [0.25, 0.3) is 10.9 Å². The highest BCUT2D eigenvalue weighted by molar-refractivity contribution is 6.02. The predicted molar refractivity (Wildman–Crippen MR) is 113 cm³/mol. The number of aromatic amines is 1. The zero-order valence-electron chi connectivity index (χ0n) is 16.6. The van der Waals surface area contributed by atoms with Gasteiger partial charge in [-0.25, -0.2) is 0 Å². The second kappa shape index (κ2) is 7.02. The first-order chi connectivity index (χ1) is 14.5.